The fraction of sp³-hybridized carbons (Fsp3) is 0.750. The van der Waals surface area contributed by atoms with Gasteiger partial charge in [0.1, 0.15) is 6.10 Å². The molecule has 120 valence electrons. The third kappa shape index (κ3) is 2.77. The molecule has 2 heterocycles. The van der Waals surface area contributed by atoms with E-state index in [4.69, 9.17) is 14.2 Å². The number of carbonyl (C=O) groups is 2. The molecular weight excluding hydrogens is 288 g/mol. The number of hydrogen-bond acceptors (Lipinski definition) is 5. The van der Waals surface area contributed by atoms with E-state index >= 15 is 0 Å². The molecule has 2 aliphatic heterocycles. The fourth-order valence-electron chi connectivity index (χ4n) is 3.91. The van der Waals surface area contributed by atoms with E-state index in [9.17, 15) is 14.7 Å². The van der Waals surface area contributed by atoms with Gasteiger partial charge in [0.2, 0.25) is 0 Å². The Morgan fingerprint density at radius 3 is 2.14 bits per heavy atom. The topological polar surface area (TPSA) is 88.7 Å². The minimum Gasteiger partial charge on any atom is -0.481 e. The summed E-state index contributed by atoms with van der Waals surface area (Å²) in [6, 6.07) is 0. The van der Waals surface area contributed by atoms with Gasteiger partial charge in [-0.25, -0.2) is 0 Å². The van der Waals surface area contributed by atoms with Crippen LogP contribution >= 0.6 is 0 Å². The van der Waals surface area contributed by atoms with E-state index in [0.29, 0.717) is 26.1 Å². The van der Waals surface area contributed by atoms with Gasteiger partial charge in [0.15, 0.2) is 0 Å². The van der Waals surface area contributed by atoms with Crippen molar-refractivity contribution in [1.29, 1.82) is 0 Å². The summed E-state index contributed by atoms with van der Waals surface area (Å²) in [5, 5.41) is 9.42. The van der Waals surface area contributed by atoms with Gasteiger partial charge in [-0.05, 0) is 18.3 Å². The van der Waals surface area contributed by atoms with Gasteiger partial charge in [-0.2, -0.15) is 0 Å². The van der Waals surface area contributed by atoms with Gasteiger partial charge in [0, 0.05) is 12.8 Å². The number of carboxylic acid groups (broad SMARTS) is 1. The number of rotatable bonds is 7. The summed E-state index contributed by atoms with van der Waals surface area (Å²) in [5.41, 5.74) is 0. The van der Waals surface area contributed by atoms with E-state index < -0.39 is 17.8 Å². The molecule has 3 fully saturated rings. The third-order valence-electron chi connectivity index (χ3n) is 5.16. The zero-order valence-corrected chi connectivity index (χ0v) is 12.2. The molecule has 2 aliphatic carbocycles. The Morgan fingerprint density at radius 1 is 1.09 bits per heavy atom. The first kappa shape index (κ1) is 14.2. The molecular formula is C16H20O6. The predicted molar refractivity (Wildman–Crippen MR) is 73.9 cm³/mol. The van der Waals surface area contributed by atoms with Crippen molar-refractivity contribution < 1.29 is 28.9 Å². The fourth-order valence-corrected chi connectivity index (χ4v) is 3.91. The summed E-state index contributed by atoms with van der Waals surface area (Å²) >= 11 is 0. The molecule has 6 atom stereocenters. The zero-order chi connectivity index (χ0) is 15.3. The molecule has 0 aromatic rings. The quantitative estimate of drug-likeness (QED) is 0.429. The molecule has 6 heteroatoms. The number of allylic oxidation sites excluding steroid dienone is 2. The van der Waals surface area contributed by atoms with Gasteiger partial charge in [0.25, 0.3) is 0 Å². The highest BCUT2D eigenvalue weighted by Crippen LogP contribution is 2.48. The average Bonchev–Trinajstić information content (AvgIpc) is 3.38. The van der Waals surface area contributed by atoms with Crippen molar-refractivity contribution in [1.82, 2.24) is 0 Å². The number of hydrogen-bond donors (Lipinski definition) is 1. The van der Waals surface area contributed by atoms with Gasteiger partial charge < -0.3 is 19.3 Å². The molecule has 1 saturated carbocycles. The van der Waals surface area contributed by atoms with Crippen molar-refractivity contribution in [3.05, 3.63) is 12.2 Å². The number of epoxide rings is 2. The van der Waals surface area contributed by atoms with Crippen LogP contribution in [0.2, 0.25) is 0 Å². The lowest BCUT2D eigenvalue weighted by Gasteiger charge is -2.25. The SMILES string of the molecule is O=C(O)C1C2C=CC(C2)C1C(=O)OC(CC1CO1)CC1CO1. The summed E-state index contributed by atoms with van der Waals surface area (Å²) in [6.07, 6.45) is 6.13. The summed E-state index contributed by atoms with van der Waals surface area (Å²) < 4.78 is 16.1. The first-order chi connectivity index (χ1) is 10.6. The highest BCUT2D eigenvalue weighted by molar-refractivity contribution is 5.83. The van der Waals surface area contributed by atoms with Crippen LogP contribution in [-0.2, 0) is 23.8 Å². The van der Waals surface area contributed by atoms with Crippen LogP contribution in [0.25, 0.3) is 0 Å². The zero-order valence-electron chi connectivity index (χ0n) is 12.2. The molecule has 6 unspecified atom stereocenters. The highest BCUT2D eigenvalue weighted by Gasteiger charge is 2.53. The van der Waals surface area contributed by atoms with Gasteiger partial charge in [-0.15, -0.1) is 0 Å². The van der Waals surface area contributed by atoms with Crippen LogP contribution < -0.4 is 0 Å². The van der Waals surface area contributed by atoms with Crippen molar-refractivity contribution in [3.8, 4) is 0 Å². The van der Waals surface area contributed by atoms with Crippen molar-refractivity contribution in [2.24, 2.45) is 23.7 Å². The van der Waals surface area contributed by atoms with E-state index in [-0.39, 0.29) is 36.1 Å². The van der Waals surface area contributed by atoms with E-state index in [0.717, 1.165) is 6.42 Å². The molecule has 1 N–H and O–H groups in total. The highest BCUT2D eigenvalue weighted by atomic mass is 16.6. The second kappa shape index (κ2) is 5.35. The Balaban J connectivity index is 1.42. The van der Waals surface area contributed by atoms with Crippen molar-refractivity contribution in [3.63, 3.8) is 0 Å². The average molecular weight is 308 g/mol. The lowest BCUT2D eigenvalue weighted by molar-refractivity contribution is -0.163. The monoisotopic (exact) mass is 308 g/mol. The summed E-state index contributed by atoms with van der Waals surface area (Å²) in [4.78, 5) is 24.0. The van der Waals surface area contributed by atoms with E-state index in [1.807, 2.05) is 12.2 Å². The van der Waals surface area contributed by atoms with Crippen LogP contribution in [0.15, 0.2) is 12.2 Å². The number of carboxylic acids is 1. The first-order valence-electron chi connectivity index (χ1n) is 7.96. The Labute approximate surface area is 128 Å². The summed E-state index contributed by atoms with van der Waals surface area (Å²) in [6.45, 7) is 1.43. The van der Waals surface area contributed by atoms with Crippen LogP contribution in [-0.4, -0.2) is 48.6 Å². The normalized spacial score (nSPS) is 42.2. The number of ether oxygens (including phenoxy) is 3. The van der Waals surface area contributed by atoms with Gasteiger partial charge in [-0.1, -0.05) is 12.2 Å². The maximum absolute atomic E-state index is 12.6. The van der Waals surface area contributed by atoms with Gasteiger partial charge in [0.05, 0.1) is 37.3 Å². The molecule has 0 radical (unpaired) electrons. The van der Waals surface area contributed by atoms with Gasteiger partial charge >= 0.3 is 11.9 Å². The Hall–Kier alpha value is -1.40. The standard InChI is InChI=1S/C16H20O6/c17-15(18)13-8-1-2-9(3-8)14(13)16(19)22-10(4-11-6-20-11)5-12-7-21-12/h1-2,8-14H,3-7H2,(H,17,18). The minimum absolute atomic E-state index is 0.00796. The molecule has 22 heavy (non-hydrogen) atoms. The van der Waals surface area contributed by atoms with E-state index in [2.05, 4.69) is 0 Å². The molecule has 0 aromatic heterocycles. The lowest BCUT2D eigenvalue weighted by atomic mass is 9.83. The van der Waals surface area contributed by atoms with Crippen LogP contribution in [0.1, 0.15) is 19.3 Å². The molecule has 6 nitrogen and oxygen atoms in total. The molecule has 2 bridgehead atoms. The Bertz CT molecular complexity index is 493. The largest absolute Gasteiger partial charge is 0.481 e. The van der Waals surface area contributed by atoms with Gasteiger partial charge in [-0.3, -0.25) is 9.59 Å². The maximum Gasteiger partial charge on any atom is 0.310 e. The molecule has 0 aromatic carbocycles. The van der Waals surface area contributed by atoms with Crippen molar-refractivity contribution in [2.75, 3.05) is 13.2 Å². The molecule has 0 spiro atoms. The second-order valence-corrected chi connectivity index (χ2v) is 6.78. The second-order valence-electron chi connectivity index (χ2n) is 6.78. The number of esters is 1. The van der Waals surface area contributed by atoms with E-state index in [1.54, 1.807) is 0 Å². The lowest BCUT2D eigenvalue weighted by Crippen LogP contribution is -2.36. The van der Waals surface area contributed by atoms with Crippen LogP contribution in [0.4, 0.5) is 0 Å². The molecule has 2 saturated heterocycles. The molecule has 4 aliphatic rings. The van der Waals surface area contributed by atoms with Crippen molar-refractivity contribution in [2.45, 2.75) is 37.6 Å². The van der Waals surface area contributed by atoms with Crippen LogP contribution in [0, 0.1) is 23.7 Å². The predicted octanol–water partition coefficient (Wildman–Crippen LogP) is 0.999. The number of carbonyl (C=O) groups excluding carboxylic acids is 1. The Morgan fingerprint density at radius 2 is 1.64 bits per heavy atom. The van der Waals surface area contributed by atoms with Crippen LogP contribution in [0.3, 0.4) is 0 Å². The minimum atomic E-state index is -0.897. The third-order valence-corrected chi connectivity index (χ3v) is 5.16. The number of aliphatic carboxylic acids is 1. The molecule has 0 amide bonds. The Kier molecular flexibility index (Phi) is 3.46. The number of fused-ring (bicyclic) bond motifs is 2. The van der Waals surface area contributed by atoms with Crippen molar-refractivity contribution >= 4 is 11.9 Å². The van der Waals surface area contributed by atoms with Crippen LogP contribution in [0.5, 0.6) is 0 Å². The van der Waals surface area contributed by atoms with E-state index in [1.165, 1.54) is 0 Å². The summed E-state index contributed by atoms with van der Waals surface area (Å²) in [7, 11) is 0. The summed E-state index contributed by atoms with van der Waals surface area (Å²) in [5.74, 6) is -2.47. The smallest absolute Gasteiger partial charge is 0.310 e. The maximum atomic E-state index is 12.6. The first-order valence-corrected chi connectivity index (χ1v) is 7.96. The molecule has 4 rings (SSSR count).